The Morgan fingerprint density at radius 3 is 2.52 bits per heavy atom. The fraction of sp³-hybridized carbons (Fsp3) is 0.208. The fourth-order valence-electron chi connectivity index (χ4n) is 3.26. The van der Waals surface area contributed by atoms with Crippen LogP contribution < -0.4 is 20.3 Å². The van der Waals surface area contributed by atoms with Gasteiger partial charge in [-0.15, -0.1) is 0 Å². The molecule has 7 nitrogen and oxygen atoms in total. The molecule has 3 rings (SSSR count). The molecule has 31 heavy (non-hydrogen) atoms. The Morgan fingerprint density at radius 2 is 1.84 bits per heavy atom. The first kappa shape index (κ1) is 21.6. The highest BCUT2D eigenvalue weighted by Crippen LogP contribution is 2.32. The molecule has 0 saturated carbocycles. The van der Waals surface area contributed by atoms with Gasteiger partial charge in [-0.3, -0.25) is 19.7 Å². The molecule has 1 aliphatic heterocycles. The summed E-state index contributed by atoms with van der Waals surface area (Å²) in [7, 11) is 3.42. The molecule has 2 N–H and O–H groups in total. The van der Waals surface area contributed by atoms with Gasteiger partial charge >= 0.3 is 0 Å². The first-order valence-electron chi connectivity index (χ1n) is 9.50. The molecule has 7 heteroatoms. The average Bonchev–Trinajstić information content (AvgIpc) is 2.81. The van der Waals surface area contributed by atoms with Gasteiger partial charge in [-0.1, -0.05) is 24.0 Å². The number of hydrogen-bond acceptors (Lipinski definition) is 6. The lowest BCUT2D eigenvalue weighted by Gasteiger charge is -2.37. The highest BCUT2D eigenvalue weighted by molar-refractivity contribution is 5.95. The van der Waals surface area contributed by atoms with Crippen molar-refractivity contribution in [1.29, 1.82) is 0 Å². The summed E-state index contributed by atoms with van der Waals surface area (Å²) in [6.07, 6.45) is 0.573. The van der Waals surface area contributed by atoms with Gasteiger partial charge in [0, 0.05) is 30.4 Å². The summed E-state index contributed by atoms with van der Waals surface area (Å²) in [5.74, 6) is 11.0. The minimum atomic E-state index is -0.517. The van der Waals surface area contributed by atoms with Gasteiger partial charge in [0.2, 0.25) is 0 Å². The van der Waals surface area contributed by atoms with Crippen molar-refractivity contribution in [3.8, 4) is 29.4 Å². The number of nitrogens with one attached hydrogen (secondary N) is 2. The molecule has 0 bridgehead atoms. The van der Waals surface area contributed by atoms with Gasteiger partial charge < -0.3 is 15.0 Å². The van der Waals surface area contributed by atoms with Crippen LogP contribution in [0.15, 0.2) is 42.5 Å². The molecular weight excluding hydrogens is 394 g/mol. The zero-order valence-electron chi connectivity index (χ0n) is 17.1. The third-order valence-electron chi connectivity index (χ3n) is 4.87. The van der Waals surface area contributed by atoms with Gasteiger partial charge in [0.1, 0.15) is 11.9 Å². The highest BCUT2D eigenvalue weighted by Gasteiger charge is 2.28. The lowest BCUT2D eigenvalue weighted by atomic mass is 9.97. The second kappa shape index (κ2) is 10.1. The number of fused-ring (bicyclic) bond motifs is 1. The van der Waals surface area contributed by atoms with Crippen LogP contribution in [0, 0.1) is 23.7 Å². The number of benzene rings is 2. The molecule has 0 aromatic heterocycles. The number of rotatable bonds is 4. The number of hydrogen-bond donors (Lipinski definition) is 2. The summed E-state index contributed by atoms with van der Waals surface area (Å²) in [4.78, 5) is 35.9. The second-order valence-corrected chi connectivity index (χ2v) is 6.73. The van der Waals surface area contributed by atoms with Crippen LogP contribution in [-0.2, 0) is 16.1 Å². The second-order valence-electron chi connectivity index (χ2n) is 6.73. The van der Waals surface area contributed by atoms with Crippen LogP contribution in [0.25, 0.3) is 0 Å². The lowest BCUT2D eigenvalue weighted by Crippen LogP contribution is -2.48. The number of carbonyl (C=O) groups excluding carboxylic acids is 3. The van der Waals surface area contributed by atoms with E-state index in [0.717, 1.165) is 22.6 Å². The van der Waals surface area contributed by atoms with Crippen molar-refractivity contribution < 1.29 is 19.1 Å². The maximum atomic E-state index is 12.7. The smallest absolute Gasteiger partial charge is 0.251 e. The monoisotopic (exact) mass is 415 g/mol. The van der Waals surface area contributed by atoms with Crippen molar-refractivity contribution in [2.75, 3.05) is 19.1 Å². The minimum Gasteiger partial charge on any atom is -0.497 e. The molecule has 1 aliphatic rings. The zero-order valence-corrected chi connectivity index (χ0v) is 17.1. The van der Waals surface area contributed by atoms with Crippen LogP contribution in [0.5, 0.6) is 5.75 Å². The summed E-state index contributed by atoms with van der Waals surface area (Å²) in [6, 6.07) is 12.2. The van der Waals surface area contributed by atoms with Crippen LogP contribution in [0.3, 0.4) is 0 Å². The first-order valence-corrected chi connectivity index (χ1v) is 9.50. The Labute approximate surface area is 180 Å². The Balaban J connectivity index is 1.83. The van der Waals surface area contributed by atoms with Crippen LogP contribution in [-0.4, -0.2) is 38.8 Å². The molecule has 2 atom stereocenters. The van der Waals surface area contributed by atoms with Crippen molar-refractivity contribution in [3.63, 3.8) is 0 Å². The van der Waals surface area contributed by atoms with E-state index in [1.807, 2.05) is 42.3 Å². The summed E-state index contributed by atoms with van der Waals surface area (Å²) >= 11 is 0. The summed E-state index contributed by atoms with van der Waals surface area (Å²) in [5, 5.41) is 6.08. The normalized spacial score (nSPS) is 16.5. The van der Waals surface area contributed by atoms with E-state index in [1.165, 1.54) is 0 Å². The fourth-order valence-corrected chi connectivity index (χ4v) is 3.26. The van der Waals surface area contributed by atoms with E-state index in [0.29, 0.717) is 24.7 Å². The topological polar surface area (TPSA) is 87.7 Å². The van der Waals surface area contributed by atoms with E-state index in [2.05, 4.69) is 34.3 Å². The average molecular weight is 415 g/mol. The molecule has 0 aliphatic carbocycles. The number of aldehydes is 2. The molecule has 2 aromatic carbocycles. The van der Waals surface area contributed by atoms with Crippen molar-refractivity contribution in [2.45, 2.75) is 18.8 Å². The maximum Gasteiger partial charge on any atom is 0.251 e. The summed E-state index contributed by atoms with van der Waals surface area (Å²) in [6.45, 7) is 0.371. The van der Waals surface area contributed by atoms with E-state index >= 15 is 0 Å². The van der Waals surface area contributed by atoms with E-state index in [-0.39, 0.29) is 5.91 Å². The van der Waals surface area contributed by atoms with Crippen LogP contribution in [0.4, 0.5) is 5.69 Å². The van der Waals surface area contributed by atoms with E-state index < -0.39 is 12.2 Å². The minimum absolute atomic E-state index is 0.230. The van der Waals surface area contributed by atoms with Gasteiger partial charge in [0.15, 0.2) is 12.6 Å². The SMILES string of the molecule is COc1ccc(CNC(=O)c2ccc3c(c2)C(C#CC=O)NC(C#CC=O)N3C)cc1. The lowest BCUT2D eigenvalue weighted by molar-refractivity contribution is -0.104. The molecule has 0 fully saturated rings. The number of methoxy groups -OCH3 is 1. The van der Waals surface area contributed by atoms with Gasteiger partial charge in [-0.05, 0) is 47.7 Å². The van der Waals surface area contributed by atoms with Crippen molar-refractivity contribution in [2.24, 2.45) is 0 Å². The molecule has 0 radical (unpaired) electrons. The number of nitrogens with zero attached hydrogens (tertiary/aromatic N) is 1. The molecule has 2 aromatic rings. The van der Waals surface area contributed by atoms with Crippen molar-refractivity contribution in [1.82, 2.24) is 10.6 Å². The van der Waals surface area contributed by atoms with E-state index in [1.54, 1.807) is 19.2 Å². The Hall–Kier alpha value is -4.07. The molecule has 1 heterocycles. The number of anilines is 1. The van der Waals surface area contributed by atoms with Crippen molar-refractivity contribution in [3.05, 3.63) is 59.2 Å². The predicted molar refractivity (Wildman–Crippen MR) is 116 cm³/mol. The van der Waals surface area contributed by atoms with Crippen LogP contribution in [0.2, 0.25) is 0 Å². The number of amides is 1. The Bertz CT molecular complexity index is 1100. The molecular formula is C24H21N3O4. The number of carbonyl (C=O) groups is 3. The maximum absolute atomic E-state index is 12.7. The molecule has 0 saturated heterocycles. The van der Waals surface area contributed by atoms with Crippen molar-refractivity contribution >= 4 is 24.2 Å². The zero-order chi connectivity index (χ0) is 22.2. The first-order chi connectivity index (χ1) is 15.1. The third-order valence-corrected chi connectivity index (χ3v) is 4.87. The molecule has 2 unspecified atom stereocenters. The standard InChI is InChI=1S/C24H21N3O4/c1-27-22-12-9-18(24(30)25-16-17-7-10-19(31-2)11-8-17)15-20(22)21(5-3-13-28)26-23(27)6-4-14-29/h7-15,21,23,26H,16H2,1-2H3,(H,25,30). The third kappa shape index (κ3) is 5.11. The Morgan fingerprint density at radius 1 is 1.13 bits per heavy atom. The van der Waals surface area contributed by atoms with Gasteiger partial charge in [-0.2, -0.15) is 0 Å². The Kier molecular flexibility index (Phi) is 7.05. The highest BCUT2D eigenvalue weighted by atomic mass is 16.5. The van der Waals surface area contributed by atoms with Gasteiger partial charge in [-0.25, -0.2) is 0 Å². The number of ether oxygens (including phenoxy) is 1. The van der Waals surface area contributed by atoms with Gasteiger partial charge in [0.05, 0.1) is 13.2 Å². The summed E-state index contributed by atoms with van der Waals surface area (Å²) < 4.78 is 5.14. The molecule has 0 spiro atoms. The molecule has 1 amide bonds. The van der Waals surface area contributed by atoms with Gasteiger partial charge in [0.25, 0.3) is 5.91 Å². The van der Waals surface area contributed by atoms with E-state index in [9.17, 15) is 14.4 Å². The quantitative estimate of drug-likeness (QED) is 0.580. The summed E-state index contributed by atoms with van der Waals surface area (Å²) in [5.41, 5.74) is 2.97. The van der Waals surface area contributed by atoms with E-state index in [4.69, 9.17) is 4.74 Å². The van der Waals surface area contributed by atoms with Crippen LogP contribution in [0.1, 0.15) is 27.5 Å². The largest absolute Gasteiger partial charge is 0.497 e. The molecule has 156 valence electrons. The van der Waals surface area contributed by atoms with Crippen LogP contribution >= 0.6 is 0 Å². The predicted octanol–water partition coefficient (Wildman–Crippen LogP) is 1.44.